The first-order valence-corrected chi connectivity index (χ1v) is 7.87. The van der Waals surface area contributed by atoms with Crippen LogP contribution < -0.4 is 4.74 Å². The molecule has 1 aromatic heterocycles. The van der Waals surface area contributed by atoms with Crippen molar-refractivity contribution in [3.8, 4) is 5.75 Å². The highest BCUT2D eigenvalue weighted by molar-refractivity contribution is 7.74. The van der Waals surface area contributed by atoms with Crippen molar-refractivity contribution in [3.05, 3.63) is 41.2 Å². The van der Waals surface area contributed by atoms with Gasteiger partial charge in [0.25, 0.3) is 0 Å². The van der Waals surface area contributed by atoms with E-state index in [-0.39, 0.29) is 17.9 Å². The Labute approximate surface area is 141 Å². The van der Waals surface area contributed by atoms with Gasteiger partial charge >= 0.3 is 5.97 Å². The fourth-order valence-corrected chi connectivity index (χ4v) is 2.41. The first kappa shape index (κ1) is 18.0. The molecule has 0 saturated heterocycles. The summed E-state index contributed by atoms with van der Waals surface area (Å²) in [6.45, 7) is 1.69. The Morgan fingerprint density at radius 2 is 2.00 bits per heavy atom. The van der Waals surface area contributed by atoms with Crippen molar-refractivity contribution >= 4 is 17.3 Å². The minimum Gasteiger partial charge on any atom is -0.750 e. The molecule has 0 N–H and O–H groups in total. The topological polar surface area (TPSA) is 116 Å². The third-order valence-electron chi connectivity index (χ3n) is 3.24. The van der Waals surface area contributed by atoms with E-state index >= 15 is 0 Å². The number of esters is 1. The lowest BCUT2D eigenvalue weighted by atomic mass is 10.2. The molecule has 1 heterocycles. The number of nitrogens with zero attached hydrogens (tertiary/aromatic N) is 3. The van der Waals surface area contributed by atoms with Crippen molar-refractivity contribution in [3.63, 3.8) is 0 Å². The first-order chi connectivity index (χ1) is 11.5. The number of ether oxygens (including phenoxy) is 2. The molecule has 0 bridgehead atoms. The second kappa shape index (κ2) is 7.99. The van der Waals surface area contributed by atoms with Crippen molar-refractivity contribution in [2.75, 3.05) is 14.2 Å². The van der Waals surface area contributed by atoms with Gasteiger partial charge in [-0.3, -0.25) is 4.18 Å². The van der Waals surface area contributed by atoms with E-state index in [1.165, 1.54) is 18.7 Å². The number of hydrogen-bond donors (Lipinski definition) is 0. The zero-order chi connectivity index (χ0) is 17.7. The summed E-state index contributed by atoms with van der Waals surface area (Å²) >= 11 is -2.75. The molecule has 0 saturated carbocycles. The van der Waals surface area contributed by atoms with Crippen LogP contribution in [0, 0.1) is 0 Å². The number of carbonyl (C=O) groups is 1. The standard InChI is InChI=1S/C14H17N3O6S/c1-9(23-24(19)20)12-13(14(18)22-3)17(16-15-12)8-10-4-6-11(21-2)7-5-10/h4-7,9H,8H2,1-3H3,(H,19,20)/p-1. The predicted octanol–water partition coefficient (Wildman–Crippen LogP) is 0.993. The molecule has 2 aromatic rings. The zero-order valence-electron chi connectivity index (χ0n) is 13.3. The fourth-order valence-electron chi connectivity index (χ4n) is 2.08. The predicted molar refractivity (Wildman–Crippen MR) is 81.9 cm³/mol. The number of carbonyl (C=O) groups excluding carboxylic acids is 1. The van der Waals surface area contributed by atoms with Gasteiger partial charge in [0.15, 0.2) is 5.69 Å². The average molecular weight is 354 g/mol. The van der Waals surface area contributed by atoms with E-state index in [1.807, 2.05) is 12.1 Å². The fraction of sp³-hybridized carbons (Fsp3) is 0.357. The number of aromatic nitrogens is 3. The largest absolute Gasteiger partial charge is 0.750 e. The number of methoxy groups -OCH3 is 2. The third kappa shape index (κ3) is 4.16. The van der Waals surface area contributed by atoms with Gasteiger partial charge in [0.05, 0.1) is 32.1 Å². The van der Waals surface area contributed by atoms with Crippen molar-refractivity contribution in [1.29, 1.82) is 0 Å². The number of hydrogen-bond acceptors (Lipinski definition) is 8. The molecule has 130 valence electrons. The van der Waals surface area contributed by atoms with E-state index in [0.717, 1.165) is 5.56 Å². The van der Waals surface area contributed by atoms with E-state index in [0.29, 0.717) is 5.75 Å². The first-order valence-electron chi connectivity index (χ1n) is 6.87. The van der Waals surface area contributed by atoms with Gasteiger partial charge < -0.3 is 14.0 Å². The third-order valence-corrected chi connectivity index (χ3v) is 3.69. The Hall–Kier alpha value is -2.30. The van der Waals surface area contributed by atoms with Crippen LogP contribution >= 0.6 is 0 Å². The van der Waals surface area contributed by atoms with E-state index in [1.54, 1.807) is 19.2 Å². The zero-order valence-corrected chi connectivity index (χ0v) is 14.1. The van der Waals surface area contributed by atoms with Crippen molar-refractivity contribution in [2.24, 2.45) is 0 Å². The lowest BCUT2D eigenvalue weighted by Gasteiger charge is -2.13. The molecular weight excluding hydrogens is 338 g/mol. The lowest BCUT2D eigenvalue weighted by molar-refractivity contribution is 0.0581. The molecule has 0 aliphatic heterocycles. The smallest absolute Gasteiger partial charge is 0.358 e. The molecule has 0 radical (unpaired) electrons. The van der Waals surface area contributed by atoms with Gasteiger partial charge in [0.2, 0.25) is 0 Å². The molecule has 1 aromatic carbocycles. The minimum atomic E-state index is -2.75. The number of benzene rings is 1. The quantitative estimate of drug-likeness (QED) is 0.534. The average Bonchev–Trinajstić information content (AvgIpc) is 2.98. The van der Waals surface area contributed by atoms with Gasteiger partial charge in [0, 0.05) is 0 Å². The maximum absolute atomic E-state index is 12.0. The Bertz CT molecular complexity index is 731. The van der Waals surface area contributed by atoms with Gasteiger partial charge in [-0.2, -0.15) is 0 Å². The van der Waals surface area contributed by atoms with E-state index in [2.05, 4.69) is 14.5 Å². The van der Waals surface area contributed by atoms with Crippen LogP contribution in [-0.4, -0.2) is 43.9 Å². The van der Waals surface area contributed by atoms with Crippen molar-refractivity contribution in [1.82, 2.24) is 15.0 Å². The Morgan fingerprint density at radius 3 is 2.54 bits per heavy atom. The van der Waals surface area contributed by atoms with Crippen LogP contribution in [0.15, 0.2) is 24.3 Å². The van der Waals surface area contributed by atoms with Gasteiger partial charge in [-0.05, 0) is 24.6 Å². The summed E-state index contributed by atoms with van der Waals surface area (Å²) in [5.74, 6) is 0.0156. The summed E-state index contributed by atoms with van der Waals surface area (Å²) in [6.07, 6.45) is -0.970. The maximum atomic E-state index is 12.0. The van der Waals surface area contributed by atoms with Crippen LogP contribution in [0.25, 0.3) is 0 Å². The summed E-state index contributed by atoms with van der Waals surface area (Å²) in [5, 5.41) is 7.76. The second-order valence-corrected chi connectivity index (χ2v) is 5.36. The molecular formula is C14H16N3O6S-. The SMILES string of the molecule is COC(=O)c1c(C(C)OS(=O)[O-])nnn1Cc1ccc(OC)cc1. The van der Waals surface area contributed by atoms with Crippen molar-refractivity contribution < 1.29 is 27.2 Å². The van der Waals surface area contributed by atoms with Crippen LogP contribution in [0.2, 0.25) is 0 Å². The summed E-state index contributed by atoms with van der Waals surface area (Å²) in [6, 6.07) is 7.18. The molecule has 0 aliphatic rings. The molecule has 0 aliphatic carbocycles. The van der Waals surface area contributed by atoms with Crippen LogP contribution in [0.1, 0.15) is 34.8 Å². The molecule has 10 heteroatoms. The normalized spacial score (nSPS) is 13.3. The lowest BCUT2D eigenvalue weighted by Crippen LogP contribution is -2.16. The van der Waals surface area contributed by atoms with Crippen LogP contribution in [0.3, 0.4) is 0 Å². The van der Waals surface area contributed by atoms with Crippen LogP contribution in [-0.2, 0) is 26.8 Å². The molecule has 24 heavy (non-hydrogen) atoms. The number of rotatable bonds is 7. The van der Waals surface area contributed by atoms with E-state index < -0.39 is 23.4 Å². The summed E-state index contributed by atoms with van der Waals surface area (Å²) in [4.78, 5) is 12.0. The Kier molecular flexibility index (Phi) is 6.01. The monoisotopic (exact) mass is 354 g/mol. The molecule has 2 unspecified atom stereocenters. The van der Waals surface area contributed by atoms with Gasteiger partial charge in [-0.15, -0.1) is 5.10 Å². The highest BCUT2D eigenvalue weighted by Crippen LogP contribution is 2.21. The molecule has 0 spiro atoms. The van der Waals surface area contributed by atoms with Crippen molar-refractivity contribution in [2.45, 2.75) is 19.6 Å². The molecule has 9 nitrogen and oxygen atoms in total. The van der Waals surface area contributed by atoms with Crippen LogP contribution in [0.4, 0.5) is 0 Å². The molecule has 0 amide bonds. The Morgan fingerprint density at radius 1 is 1.33 bits per heavy atom. The van der Waals surface area contributed by atoms with Gasteiger partial charge in [0.1, 0.15) is 17.5 Å². The summed E-state index contributed by atoms with van der Waals surface area (Å²) < 4.78 is 37.2. The Balaban J connectivity index is 2.33. The van der Waals surface area contributed by atoms with E-state index in [4.69, 9.17) is 9.47 Å². The summed E-state index contributed by atoms with van der Waals surface area (Å²) in [7, 11) is 2.78. The molecule has 2 atom stereocenters. The minimum absolute atomic E-state index is 0.0336. The van der Waals surface area contributed by atoms with Gasteiger partial charge in [-0.25, -0.2) is 13.7 Å². The summed E-state index contributed by atoms with van der Waals surface area (Å²) in [5.41, 5.74) is 0.962. The van der Waals surface area contributed by atoms with Gasteiger partial charge in [-0.1, -0.05) is 17.3 Å². The van der Waals surface area contributed by atoms with Crippen LogP contribution in [0.5, 0.6) is 5.75 Å². The maximum Gasteiger partial charge on any atom is 0.358 e. The highest BCUT2D eigenvalue weighted by Gasteiger charge is 2.26. The molecule has 0 fully saturated rings. The van der Waals surface area contributed by atoms with E-state index in [9.17, 15) is 13.6 Å². The second-order valence-electron chi connectivity index (χ2n) is 4.76. The highest BCUT2D eigenvalue weighted by atomic mass is 32.2. The molecule has 2 rings (SSSR count).